The van der Waals surface area contributed by atoms with Gasteiger partial charge in [-0.05, 0) is 32.1 Å². The molecular formula is C47H93N2O11P. The van der Waals surface area contributed by atoms with Gasteiger partial charge in [-0.15, -0.1) is 0 Å². The van der Waals surface area contributed by atoms with E-state index in [0.717, 1.165) is 51.5 Å². The number of unbranched alkanes of at least 4 members (excludes halogenated alkanes) is 28. The molecule has 14 heteroatoms. The van der Waals surface area contributed by atoms with E-state index in [4.69, 9.17) is 29.0 Å². The van der Waals surface area contributed by atoms with Gasteiger partial charge in [-0.2, -0.15) is 0 Å². The fourth-order valence-electron chi connectivity index (χ4n) is 7.10. The summed E-state index contributed by atoms with van der Waals surface area (Å²) in [7, 11) is -4.99. The molecule has 0 radical (unpaired) electrons. The van der Waals surface area contributed by atoms with Crippen LogP contribution in [-0.2, 0) is 42.2 Å². The number of nitrogens with two attached hydrogens (primary N) is 1. The lowest BCUT2D eigenvalue weighted by atomic mass is 10.0. The molecule has 6 N–H and O–H groups in total. The lowest BCUT2D eigenvalue weighted by Crippen LogP contribution is -2.50. The normalized spacial score (nSPS) is 14.0. The van der Waals surface area contributed by atoms with Gasteiger partial charge in [0, 0.05) is 12.8 Å². The highest BCUT2D eigenvalue weighted by molar-refractivity contribution is 7.45. The van der Waals surface area contributed by atoms with E-state index in [1.807, 2.05) is 0 Å². The molecule has 0 saturated carbocycles. The number of quaternary nitrogens is 1. The van der Waals surface area contributed by atoms with E-state index in [9.17, 15) is 28.9 Å². The smallest absolute Gasteiger partial charge is 0.322 e. The van der Waals surface area contributed by atoms with Crippen LogP contribution in [0.4, 0.5) is 0 Å². The van der Waals surface area contributed by atoms with E-state index in [-0.39, 0.29) is 19.4 Å². The molecule has 0 fully saturated rings. The van der Waals surface area contributed by atoms with Crippen molar-refractivity contribution < 1.29 is 57.9 Å². The molecule has 0 aliphatic heterocycles. The molecule has 61 heavy (non-hydrogen) atoms. The van der Waals surface area contributed by atoms with Crippen LogP contribution in [-0.4, -0.2) is 74.2 Å². The Morgan fingerprint density at radius 3 is 1.36 bits per heavy atom. The number of aliphatic hydroxyl groups excluding tert-OH is 1. The van der Waals surface area contributed by atoms with Crippen LogP contribution in [0.3, 0.4) is 0 Å². The first-order valence-electron chi connectivity index (χ1n) is 24.9. The average Bonchev–Trinajstić information content (AvgIpc) is 3.24. The van der Waals surface area contributed by atoms with Gasteiger partial charge in [0.25, 0.3) is 7.82 Å². The van der Waals surface area contributed by atoms with Gasteiger partial charge in [0.2, 0.25) is 0 Å². The molecule has 4 unspecified atom stereocenters. The largest absolute Gasteiger partial charge is 0.756 e. The Labute approximate surface area is 371 Å². The SMILES string of the molecule is CCCCCCCCCCCCCCCCCCCC(=O)OC(COC(=O)CCCCCCCCCCCCCC)COP(=O)([O-])OCC(O)COC(=O)C(N)CCCC[NH3+]. The standard InChI is InChI=1S/C47H93N2O11P/c1-3-5-7-9-11-13-15-17-18-19-20-21-23-25-27-29-31-36-46(52)60-43(40-56-45(51)35-30-28-26-24-22-16-14-12-10-8-6-4-2)41-59-61(54,55)58-39-42(50)38-57-47(53)44(49)34-32-33-37-48/h42-44,50H,3-41,48-49H2,1-2H3,(H,54,55). The third-order valence-electron chi connectivity index (χ3n) is 11.0. The van der Waals surface area contributed by atoms with Crippen LogP contribution < -0.4 is 16.4 Å². The molecule has 13 nitrogen and oxygen atoms in total. The Kier molecular flexibility index (Phi) is 42.5. The van der Waals surface area contributed by atoms with Gasteiger partial charge < -0.3 is 44.7 Å². The zero-order valence-electron chi connectivity index (χ0n) is 39.1. The Balaban J connectivity index is 4.60. The molecule has 4 atom stereocenters. The van der Waals surface area contributed by atoms with Crippen LogP contribution in [0.5, 0.6) is 0 Å². The fourth-order valence-corrected chi connectivity index (χ4v) is 7.88. The molecule has 362 valence electrons. The van der Waals surface area contributed by atoms with Crippen LogP contribution in [0, 0.1) is 0 Å². The number of phosphoric ester groups is 1. The Morgan fingerprint density at radius 2 is 0.934 bits per heavy atom. The minimum absolute atomic E-state index is 0.151. The van der Waals surface area contributed by atoms with E-state index in [1.54, 1.807) is 0 Å². The Morgan fingerprint density at radius 1 is 0.541 bits per heavy atom. The summed E-state index contributed by atoms with van der Waals surface area (Å²) in [5, 5.41) is 10.1. The maximum Gasteiger partial charge on any atom is 0.322 e. The number of hydrogen-bond donors (Lipinski definition) is 3. The number of rotatable bonds is 47. The molecule has 0 bridgehead atoms. The number of phosphoric acid groups is 1. The molecule has 0 rings (SSSR count). The van der Waals surface area contributed by atoms with Crippen molar-refractivity contribution in [1.82, 2.24) is 0 Å². The van der Waals surface area contributed by atoms with Crippen molar-refractivity contribution in [2.24, 2.45) is 5.73 Å². The Bertz CT molecular complexity index is 1070. The van der Waals surface area contributed by atoms with Gasteiger partial charge in [0.15, 0.2) is 6.10 Å². The Hall–Kier alpha value is -1.60. The quantitative estimate of drug-likeness (QED) is 0.0226. The van der Waals surface area contributed by atoms with Crippen molar-refractivity contribution >= 4 is 25.7 Å². The molecule has 0 saturated heterocycles. The summed E-state index contributed by atoms with van der Waals surface area (Å²) < 4.78 is 38.2. The van der Waals surface area contributed by atoms with Crippen molar-refractivity contribution in [2.45, 2.75) is 250 Å². The summed E-state index contributed by atoms with van der Waals surface area (Å²) in [5.74, 6) is -1.70. The number of carbonyl (C=O) groups is 3. The molecule has 0 aromatic carbocycles. The topological polar surface area (TPSA) is 211 Å². The summed E-state index contributed by atoms with van der Waals surface area (Å²) in [4.78, 5) is 49.9. The van der Waals surface area contributed by atoms with Crippen LogP contribution in [0.2, 0.25) is 0 Å². The van der Waals surface area contributed by atoms with Crippen molar-refractivity contribution in [3.8, 4) is 0 Å². The van der Waals surface area contributed by atoms with Gasteiger partial charge in [-0.1, -0.05) is 187 Å². The first kappa shape index (κ1) is 59.4. The summed E-state index contributed by atoms with van der Waals surface area (Å²) in [5.41, 5.74) is 9.54. The predicted molar refractivity (Wildman–Crippen MR) is 241 cm³/mol. The number of hydrogen-bond acceptors (Lipinski definition) is 12. The second-order valence-corrected chi connectivity index (χ2v) is 18.5. The van der Waals surface area contributed by atoms with Gasteiger partial charge in [0.1, 0.15) is 25.4 Å². The van der Waals surface area contributed by atoms with Gasteiger partial charge in [0.05, 0.1) is 19.8 Å². The summed E-state index contributed by atoms with van der Waals surface area (Å²) in [6.45, 7) is 2.96. The summed E-state index contributed by atoms with van der Waals surface area (Å²) in [6, 6.07) is -0.860. The number of carbonyl (C=O) groups excluding carboxylic acids is 3. The van der Waals surface area contributed by atoms with Crippen molar-refractivity contribution in [3.05, 3.63) is 0 Å². The highest BCUT2D eigenvalue weighted by Crippen LogP contribution is 2.38. The first-order valence-corrected chi connectivity index (χ1v) is 26.3. The number of aliphatic hydroxyl groups is 1. The van der Waals surface area contributed by atoms with Crippen molar-refractivity contribution in [3.63, 3.8) is 0 Å². The van der Waals surface area contributed by atoms with Crippen LogP contribution in [0.1, 0.15) is 232 Å². The molecule has 0 heterocycles. The van der Waals surface area contributed by atoms with Crippen molar-refractivity contribution in [2.75, 3.05) is 33.0 Å². The zero-order chi connectivity index (χ0) is 45.1. The second-order valence-electron chi connectivity index (χ2n) is 17.1. The van der Waals surface area contributed by atoms with Crippen molar-refractivity contribution in [1.29, 1.82) is 0 Å². The lowest BCUT2D eigenvalue weighted by Gasteiger charge is -2.26. The molecular weight excluding hydrogens is 799 g/mol. The monoisotopic (exact) mass is 893 g/mol. The maximum absolute atomic E-state index is 12.8. The molecule has 0 aromatic heterocycles. The minimum atomic E-state index is -4.99. The third kappa shape index (κ3) is 42.1. The van der Waals surface area contributed by atoms with E-state index in [2.05, 4.69) is 19.6 Å². The number of esters is 3. The van der Waals surface area contributed by atoms with Gasteiger partial charge in [-0.25, -0.2) is 0 Å². The van der Waals surface area contributed by atoms with E-state index in [0.29, 0.717) is 25.7 Å². The number of ether oxygens (including phenoxy) is 3. The van der Waals surface area contributed by atoms with Gasteiger partial charge >= 0.3 is 17.9 Å². The summed E-state index contributed by atoms with van der Waals surface area (Å²) in [6.07, 6.45) is 34.7. The summed E-state index contributed by atoms with van der Waals surface area (Å²) >= 11 is 0. The molecule has 0 aliphatic rings. The predicted octanol–water partition coefficient (Wildman–Crippen LogP) is 9.72. The van der Waals surface area contributed by atoms with Crippen LogP contribution >= 0.6 is 7.82 Å². The van der Waals surface area contributed by atoms with Crippen LogP contribution in [0.15, 0.2) is 0 Å². The molecule has 0 spiro atoms. The lowest BCUT2D eigenvalue weighted by molar-refractivity contribution is -0.368. The molecule has 0 aliphatic carbocycles. The van der Waals surface area contributed by atoms with E-state index >= 15 is 0 Å². The minimum Gasteiger partial charge on any atom is -0.756 e. The van der Waals surface area contributed by atoms with E-state index in [1.165, 1.54) is 135 Å². The molecule has 0 amide bonds. The maximum atomic E-state index is 12.8. The zero-order valence-corrected chi connectivity index (χ0v) is 40.0. The third-order valence-corrected chi connectivity index (χ3v) is 12.0. The average molecular weight is 893 g/mol. The fraction of sp³-hybridized carbons (Fsp3) is 0.936. The highest BCUT2D eigenvalue weighted by Gasteiger charge is 2.23. The second kappa shape index (κ2) is 43.6. The van der Waals surface area contributed by atoms with Crippen LogP contribution in [0.25, 0.3) is 0 Å². The van der Waals surface area contributed by atoms with E-state index < -0.39 is 63.8 Å². The highest BCUT2D eigenvalue weighted by atomic mass is 31.2. The molecule has 0 aromatic rings. The van der Waals surface area contributed by atoms with Gasteiger partial charge in [-0.3, -0.25) is 18.9 Å². The first-order chi connectivity index (χ1) is 29.5.